The number of rotatable bonds is 4. The Kier molecular flexibility index (Phi) is 4.32. The average molecular weight is 304 g/mol. The quantitative estimate of drug-likeness (QED) is 0.936. The van der Waals surface area contributed by atoms with E-state index in [1.165, 1.54) is 18.3 Å². The molecule has 0 spiro atoms. The van der Waals surface area contributed by atoms with Crippen molar-refractivity contribution in [2.75, 3.05) is 19.7 Å². The van der Waals surface area contributed by atoms with Crippen LogP contribution >= 0.6 is 0 Å². The van der Waals surface area contributed by atoms with Gasteiger partial charge in [-0.2, -0.15) is 15.4 Å². The number of carbonyl (C=O) groups is 1. The molecule has 3 rings (SSSR count). The molecule has 0 aliphatic carbocycles. The van der Waals surface area contributed by atoms with Crippen LogP contribution in [0.5, 0.6) is 5.75 Å². The first-order valence-electron chi connectivity index (χ1n) is 7.26. The highest BCUT2D eigenvalue weighted by molar-refractivity contribution is 5.91. The van der Waals surface area contributed by atoms with Gasteiger partial charge in [0.2, 0.25) is 0 Å². The van der Waals surface area contributed by atoms with Crippen molar-refractivity contribution in [3.8, 4) is 5.75 Å². The lowest BCUT2D eigenvalue weighted by atomic mass is 9.98. The Hall–Kier alpha value is -2.44. The van der Waals surface area contributed by atoms with Gasteiger partial charge in [-0.3, -0.25) is 4.79 Å². The third-order valence-corrected chi connectivity index (χ3v) is 3.72. The maximum atomic E-state index is 13.1. The number of nitrogens with one attached hydrogen (secondary N) is 1. The number of halogens is 1. The van der Waals surface area contributed by atoms with Gasteiger partial charge in [0, 0.05) is 25.1 Å². The fourth-order valence-electron chi connectivity index (χ4n) is 2.62. The molecule has 0 unspecified atom stereocenters. The molecule has 1 fully saturated rings. The summed E-state index contributed by atoms with van der Waals surface area (Å²) in [7, 11) is 0. The molecular weight excluding hydrogens is 287 g/mol. The second-order valence-corrected chi connectivity index (χ2v) is 5.38. The van der Waals surface area contributed by atoms with Gasteiger partial charge in [0.05, 0.1) is 12.8 Å². The molecule has 1 atom stereocenters. The lowest BCUT2D eigenvalue weighted by Gasteiger charge is -2.32. The van der Waals surface area contributed by atoms with Gasteiger partial charge in [-0.15, -0.1) is 0 Å². The van der Waals surface area contributed by atoms with Crippen LogP contribution in [-0.2, 0) is 0 Å². The fourth-order valence-corrected chi connectivity index (χ4v) is 2.62. The van der Waals surface area contributed by atoms with E-state index in [1.54, 1.807) is 17.0 Å². The molecule has 7 heteroatoms. The summed E-state index contributed by atoms with van der Waals surface area (Å²) in [6.07, 6.45) is 3.33. The number of carbonyl (C=O) groups excluding carboxylic acids is 1. The molecule has 22 heavy (non-hydrogen) atoms. The Morgan fingerprint density at radius 2 is 2.41 bits per heavy atom. The zero-order valence-corrected chi connectivity index (χ0v) is 12.0. The molecule has 1 aliphatic heterocycles. The second-order valence-electron chi connectivity index (χ2n) is 5.38. The fraction of sp³-hybridized carbons (Fsp3) is 0.400. The van der Waals surface area contributed by atoms with Crippen LogP contribution in [0.4, 0.5) is 4.39 Å². The van der Waals surface area contributed by atoms with Crippen LogP contribution in [-0.4, -0.2) is 45.9 Å². The van der Waals surface area contributed by atoms with Crippen LogP contribution in [0.2, 0.25) is 0 Å². The number of H-pyrrole nitrogens is 1. The number of hydrogen-bond donors (Lipinski definition) is 1. The summed E-state index contributed by atoms with van der Waals surface area (Å²) in [5.74, 6) is 0.306. The predicted octanol–water partition coefficient (Wildman–Crippen LogP) is 1.88. The van der Waals surface area contributed by atoms with E-state index < -0.39 is 0 Å². The van der Waals surface area contributed by atoms with E-state index in [0.717, 1.165) is 12.8 Å². The Labute approximate surface area is 127 Å². The van der Waals surface area contributed by atoms with Crippen molar-refractivity contribution in [2.24, 2.45) is 5.92 Å². The first-order valence-corrected chi connectivity index (χ1v) is 7.26. The Bertz CT molecular complexity index is 632. The summed E-state index contributed by atoms with van der Waals surface area (Å²) in [5, 5.41) is 9.92. The zero-order valence-electron chi connectivity index (χ0n) is 12.0. The normalized spacial score (nSPS) is 18.2. The summed E-state index contributed by atoms with van der Waals surface area (Å²) < 4.78 is 18.7. The van der Waals surface area contributed by atoms with Crippen molar-refractivity contribution in [1.82, 2.24) is 20.3 Å². The van der Waals surface area contributed by atoms with E-state index in [0.29, 0.717) is 31.1 Å². The SMILES string of the molecule is O=C(c1cn[nH]n1)N1CCC[C@@H](COc2cccc(F)c2)C1. The third-order valence-electron chi connectivity index (χ3n) is 3.72. The van der Waals surface area contributed by atoms with Crippen molar-refractivity contribution in [1.29, 1.82) is 0 Å². The summed E-state index contributed by atoms with van der Waals surface area (Å²) in [6, 6.07) is 6.09. The zero-order chi connectivity index (χ0) is 15.4. The molecule has 1 aromatic heterocycles. The lowest BCUT2D eigenvalue weighted by Crippen LogP contribution is -2.41. The van der Waals surface area contributed by atoms with Gasteiger partial charge in [-0.25, -0.2) is 4.39 Å². The summed E-state index contributed by atoms with van der Waals surface area (Å²) in [4.78, 5) is 14.0. The van der Waals surface area contributed by atoms with Gasteiger partial charge in [-0.1, -0.05) is 6.07 Å². The van der Waals surface area contributed by atoms with Crippen LogP contribution in [0, 0.1) is 11.7 Å². The molecular formula is C15H17FN4O2. The van der Waals surface area contributed by atoms with Crippen LogP contribution in [0.25, 0.3) is 0 Å². The highest BCUT2D eigenvalue weighted by atomic mass is 19.1. The minimum Gasteiger partial charge on any atom is -0.493 e. The number of nitrogens with zero attached hydrogens (tertiary/aromatic N) is 3. The molecule has 1 aromatic carbocycles. The Morgan fingerprint density at radius 1 is 1.50 bits per heavy atom. The number of aromatic nitrogens is 3. The van der Waals surface area contributed by atoms with E-state index >= 15 is 0 Å². The number of benzene rings is 1. The standard InChI is InChI=1S/C15H17FN4O2/c16-12-4-1-5-13(7-12)22-10-11-3-2-6-20(9-11)15(21)14-8-17-19-18-14/h1,4-5,7-8,11H,2-3,6,9-10H2,(H,17,18,19)/t11-/m1/s1. The van der Waals surface area contributed by atoms with Crippen LogP contribution in [0.1, 0.15) is 23.3 Å². The first kappa shape index (κ1) is 14.5. The van der Waals surface area contributed by atoms with Crippen molar-refractivity contribution in [2.45, 2.75) is 12.8 Å². The summed E-state index contributed by atoms with van der Waals surface area (Å²) >= 11 is 0. The molecule has 116 valence electrons. The monoisotopic (exact) mass is 304 g/mol. The van der Waals surface area contributed by atoms with E-state index in [1.807, 2.05) is 0 Å². The molecule has 2 heterocycles. The van der Waals surface area contributed by atoms with Crippen LogP contribution < -0.4 is 4.74 Å². The molecule has 0 saturated carbocycles. The van der Waals surface area contributed by atoms with E-state index in [-0.39, 0.29) is 17.6 Å². The topological polar surface area (TPSA) is 71.1 Å². The number of likely N-dealkylation sites (tertiary alicyclic amines) is 1. The molecule has 1 amide bonds. The largest absolute Gasteiger partial charge is 0.493 e. The van der Waals surface area contributed by atoms with Gasteiger partial charge in [0.1, 0.15) is 11.6 Å². The third kappa shape index (κ3) is 3.41. The summed E-state index contributed by atoms with van der Waals surface area (Å²) in [5.41, 5.74) is 0.326. The van der Waals surface area contributed by atoms with Gasteiger partial charge in [-0.05, 0) is 25.0 Å². The van der Waals surface area contributed by atoms with E-state index in [4.69, 9.17) is 4.74 Å². The Morgan fingerprint density at radius 3 is 3.18 bits per heavy atom. The minimum atomic E-state index is -0.316. The van der Waals surface area contributed by atoms with Crippen molar-refractivity contribution < 1.29 is 13.9 Å². The van der Waals surface area contributed by atoms with Gasteiger partial charge < -0.3 is 9.64 Å². The Balaban J connectivity index is 1.55. The van der Waals surface area contributed by atoms with Gasteiger partial charge in [0.15, 0.2) is 5.69 Å². The molecule has 2 aromatic rings. The second kappa shape index (κ2) is 6.55. The van der Waals surface area contributed by atoms with E-state index in [2.05, 4.69) is 15.4 Å². The molecule has 6 nitrogen and oxygen atoms in total. The van der Waals surface area contributed by atoms with Crippen LogP contribution in [0.3, 0.4) is 0 Å². The maximum Gasteiger partial charge on any atom is 0.276 e. The number of aromatic amines is 1. The molecule has 0 radical (unpaired) electrons. The van der Waals surface area contributed by atoms with Gasteiger partial charge in [0.25, 0.3) is 5.91 Å². The minimum absolute atomic E-state index is 0.121. The highest BCUT2D eigenvalue weighted by Gasteiger charge is 2.26. The molecule has 1 aliphatic rings. The average Bonchev–Trinajstić information content (AvgIpc) is 3.07. The van der Waals surface area contributed by atoms with Crippen molar-refractivity contribution >= 4 is 5.91 Å². The van der Waals surface area contributed by atoms with Gasteiger partial charge >= 0.3 is 0 Å². The molecule has 1 saturated heterocycles. The van der Waals surface area contributed by atoms with Crippen molar-refractivity contribution in [3.63, 3.8) is 0 Å². The lowest BCUT2D eigenvalue weighted by molar-refractivity contribution is 0.0627. The maximum absolute atomic E-state index is 13.1. The predicted molar refractivity (Wildman–Crippen MR) is 76.9 cm³/mol. The molecule has 0 bridgehead atoms. The first-order chi connectivity index (χ1) is 10.7. The highest BCUT2D eigenvalue weighted by Crippen LogP contribution is 2.20. The number of amides is 1. The van der Waals surface area contributed by atoms with Crippen LogP contribution in [0.15, 0.2) is 30.5 Å². The van der Waals surface area contributed by atoms with E-state index in [9.17, 15) is 9.18 Å². The number of hydrogen-bond acceptors (Lipinski definition) is 4. The summed E-state index contributed by atoms with van der Waals surface area (Å²) in [6.45, 7) is 1.79. The van der Waals surface area contributed by atoms with Crippen molar-refractivity contribution in [3.05, 3.63) is 42.0 Å². The molecule has 1 N–H and O–H groups in total. The number of piperidine rings is 1. The smallest absolute Gasteiger partial charge is 0.276 e. The number of ether oxygens (including phenoxy) is 1.